The summed E-state index contributed by atoms with van der Waals surface area (Å²) in [7, 11) is 0. The van der Waals surface area contributed by atoms with Crippen LogP contribution in [0.1, 0.15) is 5.56 Å². The Labute approximate surface area is 93.6 Å². The molecule has 0 amide bonds. The van der Waals surface area contributed by atoms with E-state index in [2.05, 4.69) is 59.2 Å². The number of halogens is 2. The second-order valence-electron chi connectivity index (χ2n) is 3.18. The van der Waals surface area contributed by atoms with Crippen LogP contribution < -0.4 is 17.0 Å². The molecular formula is C9H13Br2P. The van der Waals surface area contributed by atoms with Gasteiger partial charge in [-0.2, -0.15) is 0 Å². The highest BCUT2D eigenvalue weighted by molar-refractivity contribution is 9.42. The minimum absolute atomic E-state index is 0. The van der Waals surface area contributed by atoms with E-state index in [1.165, 1.54) is 11.7 Å². The number of hydrogen-bond donors (Lipinski definition) is 0. The summed E-state index contributed by atoms with van der Waals surface area (Å²) in [6, 6.07) is 10.6. The highest BCUT2D eigenvalue weighted by Crippen LogP contribution is 2.61. The van der Waals surface area contributed by atoms with Crippen molar-refractivity contribution in [3.05, 3.63) is 35.9 Å². The van der Waals surface area contributed by atoms with E-state index in [1.54, 1.807) is 0 Å². The Morgan fingerprint density at radius 3 is 2.08 bits per heavy atom. The first-order valence-electron chi connectivity index (χ1n) is 3.64. The maximum Gasteiger partial charge on any atom is 0.138 e. The molecule has 0 atom stereocenters. The summed E-state index contributed by atoms with van der Waals surface area (Å²) in [6.07, 6.45) is 1.19. The van der Waals surface area contributed by atoms with Gasteiger partial charge in [-0.15, -0.1) is 0 Å². The minimum Gasteiger partial charge on any atom is -1.00 e. The van der Waals surface area contributed by atoms with Gasteiger partial charge < -0.3 is 17.0 Å². The second-order valence-corrected chi connectivity index (χ2v) is 12.3. The van der Waals surface area contributed by atoms with E-state index >= 15 is 0 Å². The predicted octanol–water partition coefficient (Wildman–Crippen LogP) is 0.778. The summed E-state index contributed by atoms with van der Waals surface area (Å²) in [5, 5.41) is 0. The lowest BCUT2D eigenvalue weighted by atomic mass is 10.2. The predicted molar refractivity (Wildman–Crippen MR) is 57.8 cm³/mol. The van der Waals surface area contributed by atoms with Crippen LogP contribution in [0.3, 0.4) is 0 Å². The van der Waals surface area contributed by atoms with Gasteiger partial charge in [-0.1, -0.05) is 30.3 Å². The van der Waals surface area contributed by atoms with Gasteiger partial charge in [-0.05, 0) is 5.56 Å². The van der Waals surface area contributed by atoms with Gasteiger partial charge in [0.2, 0.25) is 0 Å². The molecule has 0 N–H and O–H groups in total. The van der Waals surface area contributed by atoms with Crippen LogP contribution in [-0.4, -0.2) is 13.3 Å². The van der Waals surface area contributed by atoms with E-state index in [1.807, 2.05) is 0 Å². The van der Waals surface area contributed by atoms with E-state index in [4.69, 9.17) is 0 Å². The van der Waals surface area contributed by atoms with Crippen LogP contribution in [0.4, 0.5) is 0 Å². The SMILES string of the molecule is C[P+](C)(Br)Cc1ccccc1.[Br-]. The van der Waals surface area contributed by atoms with Crippen molar-refractivity contribution in [2.45, 2.75) is 6.16 Å². The molecule has 0 aliphatic rings. The average Bonchev–Trinajstić information content (AvgIpc) is 1.85. The fourth-order valence-electron chi connectivity index (χ4n) is 1.02. The lowest BCUT2D eigenvalue weighted by Gasteiger charge is -2.07. The Balaban J connectivity index is 0.00000121. The van der Waals surface area contributed by atoms with Crippen molar-refractivity contribution in [1.29, 1.82) is 0 Å². The summed E-state index contributed by atoms with van der Waals surface area (Å²) in [5.74, 6) is -0.825. The summed E-state index contributed by atoms with van der Waals surface area (Å²) >= 11 is 3.73. The first kappa shape index (κ1) is 12.6. The van der Waals surface area contributed by atoms with Crippen LogP contribution in [0.15, 0.2) is 30.3 Å². The van der Waals surface area contributed by atoms with Crippen LogP contribution in [0, 0.1) is 0 Å². The topological polar surface area (TPSA) is 0 Å². The molecule has 0 nitrogen and oxygen atoms in total. The first-order valence-corrected chi connectivity index (χ1v) is 8.53. The van der Waals surface area contributed by atoms with E-state index in [0.29, 0.717) is 0 Å². The van der Waals surface area contributed by atoms with Gasteiger partial charge >= 0.3 is 0 Å². The third kappa shape index (κ3) is 5.29. The molecule has 1 aromatic carbocycles. The average molecular weight is 312 g/mol. The lowest BCUT2D eigenvalue weighted by molar-refractivity contribution is -0.00000234. The van der Waals surface area contributed by atoms with Crippen molar-refractivity contribution in [3.63, 3.8) is 0 Å². The van der Waals surface area contributed by atoms with Crippen molar-refractivity contribution in [1.82, 2.24) is 0 Å². The quantitative estimate of drug-likeness (QED) is 0.708. The molecule has 68 valence electrons. The van der Waals surface area contributed by atoms with Gasteiger partial charge in [0.15, 0.2) is 0 Å². The van der Waals surface area contributed by atoms with Crippen molar-refractivity contribution in [3.8, 4) is 0 Å². The molecule has 0 aliphatic heterocycles. The van der Waals surface area contributed by atoms with Crippen LogP contribution in [-0.2, 0) is 6.16 Å². The van der Waals surface area contributed by atoms with Gasteiger partial charge in [0.05, 0.1) is 25.5 Å². The molecule has 0 fully saturated rings. The van der Waals surface area contributed by atoms with Gasteiger partial charge in [-0.25, -0.2) is 0 Å². The molecule has 1 aromatic rings. The second kappa shape index (κ2) is 5.36. The number of rotatable bonds is 2. The van der Waals surface area contributed by atoms with Crippen molar-refractivity contribution >= 4 is 21.5 Å². The van der Waals surface area contributed by atoms with Crippen LogP contribution in [0.25, 0.3) is 0 Å². The Morgan fingerprint density at radius 1 is 1.17 bits per heavy atom. The Morgan fingerprint density at radius 2 is 1.67 bits per heavy atom. The molecule has 12 heavy (non-hydrogen) atoms. The summed E-state index contributed by atoms with van der Waals surface area (Å²) in [4.78, 5) is 0. The molecule has 0 saturated heterocycles. The maximum atomic E-state index is 3.73. The summed E-state index contributed by atoms with van der Waals surface area (Å²) in [6.45, 7) is 4.58. The van der Waals surface area contributed by atoms with Gasteiger partial charge in [0, 0.05) is 0 Å². The highest BCUT2D eigenvalue weighted by Gasteiger charge is 2.20. The molecule has 0 spiro atoms. The van der Waals surface area contributed by atoms with Crippen LogP contribution in [0.5, 0.6) is 0 Å². The maximum absolute atomic E-state index is 3.73. The Hall–Kier alpha value is 0.610. The lowest BCUT2D eigenvalue weighted by Crippen LogP contribution is -3.00. The first-order chi connectivity index (χ1) is 5.08. The zero-order chi connectivity index (χ0) is 8.32. The molecule has 0 unspecified atom stereocenters. The van der Waals surface area contributed by atoms with E-state index < -0.39 is 5.96 Å². The highest BCUT2D eigenvalue weighted by atomic mass is 79.9. The number of hydrogen-bond acceptors (Lipinski definition) is 0. The van der Waals surface area contributed by atoms with Crippen molar-refractivity contribution < 1.29 is 17.0 Å². The zero-order valence-electron chi connectivity index (χ0n) is 7.30. The minimum atomic E-state index is -0.825. The third-order valence-corrected chi connectivity index (χ3v) is 3.27. The molecule has 0 saturated carbocycles. The summed E-state index contributed by atoms with van der Waals surface area (Å²) in [5.41, 5.74) is 1.43. The fourth-order valence-corrected chi connectivity index (χ4v) is 2.97. The van der Waals surface area contributed by atoms with Crippen LogP contribution in [0.2, 0.25) is 0 Å². The van der Waals surface area contributed by atoms with Gasteiger partial charge in [0.1, 0.15) is 15.5 Å². The van der Waals surface area contributed by atoms with Gasteiger partial charge in [-0.3, -0.25) is 0 Å². The van der Waals surface area contributed by atoms with Crippen molar-refractivity contribution in [2.24, 2.45) is 0 Å². The Bertz CT molecular complexity index is 216. The molecular weight excluding hydrogens is 299 g/mol. The van der Waals surface area contributed by atoms with E-state index in [-0.39, 0.29) is 17.0 Å². The normalized spacial score (nSPS) is 10.6. The fraction of sp³-hybridized carbons (Fsp3) is 0.333. The largest absolute Gasteiger partial charge is 1.00 e. The molecule has 0 aliphatic carbocycles. The Kier molecular flexibility index (Phi) is 5.64. The molecule has 3 heteroatoms. The molecule has 0 aromatic heterocycles. The van der Waals surface area contributed by atoms with Crippen molar-refractivity contribution in [2.75, 3.05) is 13.3 Å². The third-order valence-electron chi connectivity index (χ3n) is 1.40. The molecule has 0 heterocycles. The van der Waals surface area contributed by atoms with Gasteiger partial charge in [0.25, 0.3) is 0 Å². The monoisotopic (exact) mass is 310 g/mol. The number of benzene rings is 1. The van der Waals surface area contributed by atoms with E-state index in [9.17, 15) is 0 Å². The smallest absolute Gasteiger partial charge is 0.138 e. The molecule has 0 bridgehead atoms. The standard InChI is InChI=1S/C9H13BrP.BrH/c1-11(2,10)8-9-6-4-3-5-7-9;/h3-7H,8H2,1-2H3;1H/q+1;/p-1. The van der Waals surface area contributed by atoms with E-state index in [0.717, 1.165) is 0 Å². The van der Waals surface area contributed by atoms with Crippen LogP contribution >= 0.6 is 21.5 Å². The zero-order valence-corrected chi connectivity index (χ0v) is 11.4. The molecule has 1 rings (SSSR count). The molecule has 0 radical (unpaired) electrons. The summed E-state index contributed by atoms with van der Waals surface area (Å²) < 4.78 is 0.